The molecule has 1 amide bonds. The average Bonchev–Trinajstić information content (AvgIpc) is 3.16. The van der Waals surface area contributed by atoms with E-state index in [1.54, 1.807) is 37.0 Å². The Labute approximate surface area is 161 Å². The van der Waals surface area contributed by atoms with E-state index in [-0.39, 0.29) is 24.0 Å². The molecule has 0 N–H and O–H groups in total. The zero-order valence-corrected chi connectivity index (χ0v) is 15.8. The zero-order chi connectivity index (χ0) is 19.2. The third kappa shape index (κ3) is 4.89. The molecule has 0 saturated heterocycles. The Morgan fingerprint density at radius 3 is 2.70 bits per heavy atom. The molecule has 0 aliphatic heterocycles. The van der Waals surface area contributed by atoms with Gasteiger partial charge in [0, 0.05) is 24.6 Å². The summed E-state index contributed by atoms with van der Waals surface area (Å²) < 4.78 is 24.0. The number of carbonyl (C=O) groups excluding carboxylic acids is 1. The quantitative estimate of drug-likeness (QED) is 0.564. The number of carbonyl (C=O) groups is 1. The molecule has 3 rings (SSSR count). The van der Waals surface area contributed by atoms with E-state index in [9.17, 15) is 9.18 Å². The normalized spacial score (nSPS) is 10.6. The van der Waals surface area contributed by atoms with E-state index in [0.717, 1.165) is 16.2 Å². The Kier molecular flexibility index (Phi) is 6.13. The molecule has 1 heterocycles. The number of benzene rings is 2. The summed E-state index contributed by atoms with van der Waals surface area (Å²) >= 11 is 1.59. The van der Waals surface area contributed by atoms with Crippen molar-refractivity contribution in [3.63, 3.8) is 0 Å². The van der Waals surface area contributed by atoms with Crippen LogP contribution in [0.3, 0.4) is 0 Å². The summed E-state index contributed by atoms with van der Waals surface area (Å²) in [6.07, 6.45) is 1.98. The van der Waals surface area contributed by atoms with Gasteiger partial charge in [-0.05, 0) is 36.1 Å². The van der Waals surface area contributed by atoms with Crippen molar-refractivity contribution in [2.24, 2.45) is 0 Å². The van der Waals surface area contributed by atoms with E-state index >= 15 is 0 Å². The van der Waals surface area contributed by atoms with Crippen LogP contribution in [-0.4, -0.2) is 29.3 Å². The molecule has 0 spiro atoms. The van der Waals surface area contributed by atoms with Gasteiger partial charge in [0.2, 0.25) is 0 Å². The Bertz CT molecular complexity index is 912. The molecule has 3 aromatic rings. The second-order valence-corrected chi connectivity index (χ2v) is 6.75. The summed E-state index contributed by atoms with van der Waals surface area (Å²) in [6, 6.07) is 15.3. The van der Waals surface area contributed by atoms with Crippen LogP contribution >= 0.6 is 11.8 Å². The van der Waals surface area contributed by atoms with Crippen molar-refractivity contribution in [1.29, 1.82) is 0 Å². The van der Waals surface area contributed by atoms with Crippen molar-refractivity contribution in [2.75, 3.05) is 13.3 Å². The Morgan fingerprint density at radius 2 is 1.96 bits per heavy atom. The van der Waals surface area contributed by atoms with E-state index < -0.39 is 0 Å². The van der Waals surface area contributed by atoms with E-state index in [2.05, 4.69) is 5.16 Å². The lowest BCUT2D eigenvalue weighted by molar-refractivity contribution is 0.0774. The molecule has 2 aromatic carbocycles. The lowest BCUT2D eigenvalue weighted by Crippen LogP contribution is -2.26. The monoisotopic (exact) mass is 386 g/mol. The molecule has 0 radical (unpaired) electrons. The van der Waals surface area contributed by atoms with Crippen molar-refractivity contribution in [2.45, 2.75) is 18.0 Å². The van der Waals surface area contributed by atoms with E-state index in [4.69, 9.17) is 9.26 Å². The van der Waals surface area contributed by atoms with Crippen molar-refractivity contribution in [1.82, 2.24) is 10.1 Å². The molecular weight excluding hydrogens is 367 g/mol. The molecule has 0 unspecified atom stereocenters. The van der Waals surface area contributed by atoms with Gasteiger partial charge in [0.25, 0.3) is 5.91 Å². The second kappa shape index (κ2) is 8.73. The zero-order valence-electron chi connectivity index (χ0n) is 15.0. The van der Waals surface area contributed by atoms with Gasteiger partial charge in [0.15, 0.2) is 11.5 Å². The van der Waals surface area contributed by atoms with Gasteiger partial charge in [-0.1, -0.05) is 29.4 Å². The van der Waals surface area contributed by atoms with Crippen LogP contribution in [0.1, 0.15) is 21.8 Å². The Morgan fingerprint density at radius 1 is 1.22 bits per heavy atom. The molecule has 0 bridgehead atoms. The number of hydrogen-bond donors (Lipinski definition) is 0. The standard InChI is InChI=1S/C20H19FN2O3S/c1-23(12-14-7-9-15(21)10-8-14)20(24)17-11-16(26-22-17)13-25-18-5-3-4-6-19(18)27-2/h3-11H,12-13H2,1-2H3. The number of rotatable bonds is 7. The Hall–Kier alpha value is -2.80. The fourth-order valence-corrected chi connectivity index (χ4v) is 3.04. The van der Waals surface area contributed by atoms with E-state index in [1.807, 2.05) is 30.5 Å². The largest absolute Gasteiger partial charge is 0.484 e. The van der Waals surface area contributed by atoms with Gasteiger partial charge in [0.05, 0.1) is 0 Å². The minimum Gasteiger partial charge on any atom is -0.484 e. The number of para-hydroxylation sites is 1. The summed E-state index contributed by atoms with van der Waals surface area (Å²) in [6.45, 7) is 0.526. The molecule has 140 valence electrons. The topological polar surface area (TPSA) is 55.6 Å². The summed E-state index contributed by atoms with van der Waals surface area (Å²) in [5, 5.41) is 3.84. The summed E-state index contributed by atoms with van der Waals surface area (Å²) in [5.41, 5.74) is 1.03. The molecule has 7 heteroatoms. The van der Waals surface area contributed by atoms with Crippen molar-refractivity contribution in [3.05, 3.63) is 77.4 Å². The van der Waals surface area contributed by atoms with Gasteiger partial charge < -0.3 is 14.2 Å². The third-order valence-corrected chi connectivity index (χ3v) is 4.67. The minimum absolute atomic E-state index is 0.180. The van der Waals surface area contributed by atoms with Crippen LogP contribution in [0.15, 0.2) is 64.0 Å². The number of aromatic nitrogens is 1. The highest BCUT2D eigenvalue weighted by atomic mass is 32.2. The maximum Gasteiger partial charge on any atom is 0.276 e. The number of halogens is 1. The van der Waals surface area contributed by atoms with Gasteiger partial charge in [0.1, 0.15) is 18.2 Å². The first-order valence-corrected chi connectivity index (χ1v) is 9.50. The van der Waals surface area contributed by atoms with Crippen LogP contribution in [0.5, 0.6) is 5.75 Å². The molecule has 0 atom stereocenters. The number of amides is 1. The maximum absolute atomic E-state index is 13.0. The van der Waals surface area contributed by atoms with Gasteiger partial charge in [-0.2, -0.15) is 0 Å². The van der Waals surface area contributed by atoms with Crippen LogP contribution < -0.4 is 4.74 Å². The maximum atomic E-state index is 13.0. The third-order valence-electron chi connectivity index (χ3n) is 3.90. The van der Waals surface area contributed by atoms with Gasteiger partial charge in [-0.25, -0.2) is 4.39 Å². The lowest BCUT2D eigenvalue weighted by Gasteiger charge is -2.15. The first-order valence-electron chi connectivity index (χ1n) is 8.28. The van der Waals surface area contributed by atoms with E-state index in [1.165, 1.54) is 17.0 Å². The highest BCUT2D eigenvalue weighted by molar-refractivity contribution is 7.98. The smallest absolute Gasteiger partial charge is 0.276 e. The highest BCUT2D eigenvalue weighted by Crippen LogP contribution is 2.27. The van der Waals surface area contributed by atoms with Crippen LogP contribution in [0.4, 0.5) is 4.39 Å². The molecule has 0 fully saturated rings. The predicted octanol–water partition coefficient (Wildman–Crippen LogP) is 4.39. The van der Waals surface area contributed by atoms with Gasteiger partial charge >= 0.3 is 0 Å². The minimum atomic E-state index is -0.308. The highest BCUT2D eigenvalue weighted by Gasteiger charge is 2.17. The van der Waals surface area contributed by atoms with Crippen molar-refractivity contribution >= 4 is 17.7 Å². The second-order valence-electron chi connectivity index (χ2n) is 5.91. The molecule has 0 aliphatic carbocycles. The number of hydrogen-bond acceptors (Lipinski definition) is 5. The first kappa shape index (κ1) is 19.0. The predicted molar refractivity (Wildman–Crippen MR) is 101 cm³/mol. The van der Waals surface area contributed by atoms with Crippen molar-refractivity contribution in [3.8, 4) is 5.75 Å². The van der Waals surface area contributed by atoms with E-state index in [0.29, 0.717) is 12.3 Å². The first-order chi connectivity index (χ1) is 13.1. The number of thioether (sulfide) groups is 1. The molecule has 5 nitrogen and oxygen atoms in total. The number of nitrogens with zero attached hydrogens (tertiary/aromatic N) is 2. The fraction of sp³-hybridized carbons (Fsp3) is 0.200. The van der Waals surface area contributed by atoms with Gasteiger partial charge in [-0.3, -0.25) is 4.79 Å². The molecule has 0 aliphatic rings. The Balaban J connectivity index is 1.60. The van der Waals surface area contributed by atoms with Crippen LogP contribution in [0.25, 0.3) is 0 Å². The number of ether oxygens (including phenoxy) is 1. The van der Waals surface area contributed by atoms with Crippen LogP contribution in [-0.2, 0) is 13.2 Å². The fourth-order valence-electron chi connectivity index (χ4n) is 2.50. The molecule has 1 aromatic heterocycles. The van der Waals surface area contributed by atoms with Crippen molar-refractivity contribution < 1.29 is 18.4 Å². The molecule has 27 heavy (non-hydrogen) atoms. The summed E-state index contributed by atoms with van der Waals surface area (Å²) in [7, 11) is 1.66. The van der Waals surface area contributed by atoms with Crippen LogP contribution in [0.2, 0.25) is 0 Å². The SMILES string of the molecule is CSc1ccccc1OCc1cc(C(=O)N(C)Cc2ccc(F)cc2)no1. The summed E-state index contributed by atoms with van der Waals surface area (Å²) in [5.74, 6) is 0.628. The average molecular weight is 386 g/mol. The lowest BCUT2D eigenvalue weighted by atomic mass is 10.2. The van der Waals surface area contributed by atoms with Crippen LogP contribution in [0, 0.1) is 5.82 Å². The molecule has 0 saturated carbocycles. The van der Waals surface area contributed by atoms with Gasteiger partial charge in [-0.15, -0.1) is 11.8 Å². The molecular formula is C20H19FN2O3S. The summed E-state index contributed by atoms with van der Waals surface area (Å²) in [4.78, 5) is 15.0.